The van der Waals surface area contributed by atoms with E-state index < -0.39 is 0 Å². The fourth-order valence-corrected chi connectivity index (χ4v) is 8.54. The zero-order valence-electron chi connectivity index (χ0n) is 28.9. The van der Waals surface area contributed by atoms with Crippen LogP contribution in [0.25, 0.3) is 71.9 Å². The summed E-state index contributed by atoms with van der Waals surface area (Å²) in [4.78, 5) is 4.84. The molecule has 5 heteroatoms. The quantitative estimate of drug-likeness (QED) is 0.191. The van der Waals surface area contributed by atoms with Crippen LogP contribution in [0.3, 0.4) is 0 Å². The number of benzene rings is 5. The lowest BCUT2D eigenvalue weighted by atomic mass is 9.59. The Hall–Kier alpha value is -5.94. The van der Waals surface area contributed by atoms with Gasteiger partial charge in [-0.3, -0.25) is 4.57 Å². The Morgan fingerprint density at radius 3 is 1.98 bits per heavy atom. The summed E-state index contributed by atoms with van der Waals surface area (Å²) < 4.78 is 6.96. The van der Waals surface area contributed by atoms with Crippen LogP contribution in [0.5, 0.6) is 0 Å². The molecular weight excluding hydrogens is 611 g/mol. The number of fused-ring (bicyclic) bond motifs is 9. The van der Waals surface area contributed by atoms with Crippen LogP contribution in [-0.4, -0.2) is 23.9 Å². The van der Waals surface area contributed by atoms with Gasteiger partial charge in [0.25, 0.3) is 0 Å². The van der Waals surface area contributed by atoms with Crippen LogP contribution in [0.2, 0.25) is 0 Å². The van der Waals surface area contributed by atoms with Gasteiger partial charge in [-0.1, -0.05) is 100 Å². The van der Waals surface area contributed by atoms with Crippen LogP contribution in [0.15, 0.2) is 134 Å². The molecule has 0 bridgehead atoms. The lowest BCUT2D eigenvalue weighted by Crippen LogP contribution is -2.46. The number of pyridine rings is 1. The summed E-state index contributed by atoms with van der Waals surface area (Å²) in [5.41, 5.74) is 12.7. The van der Waals surface area contributed by atoms with Gasteiger partial charge in [0.1, 0.15) is 5.82 Å². The maximum atomic E-state index is 5.11. The highest BCUT2D eigenvalue weighted by molar-refractivity contribution is 6.12. The minimum Gasteiger partial charge on any atom is -0.309 e. The Balaban J connectivity index is 1.28. The predicted octanol–water partition coefficient (Wildman–Crippen LogP) is 11.0. The first-order valence-corrected chi connectivity index (χ1v) is 17.4. The van der Waals surface area contributed by atoms with Gasteiger partial charge in [0.05, 0.1) is 39.6 Å². The fraction of sp³-hybridized carbons (Fsp3) is 0.156. The van der Waals surface area contributed by atoms with Crippen LogP contribution in [0, 0.1) is 6.92 Å². The maximum absolute atomic E-state index is 5.11. The highest BCUT2D eigenvalue weighted by Crippen LogP contribution is 2.53. The standard InChI is InChI=1S/C45H37N5/c1-28-21-22-46-42(23-28)49-38-18-12-9-15-31(38)33-20-19-30(24-39(33)49)48-37-17-11-10-16-32(37)34-25-36-41(26-40(34)48)50-43(45(4,5)44(36,2)3)35(27-47-50)29-13-7-6-8-14-29/h6-27H,1-5H3. The number of aromatic nitrogens is 5. The topological polar surface area (TPSA) is 40.6 Å². The van der Waals surface area contributed by atoms with Crippen molar-refractivity contribution >= 4 is 43.6 Å². The number of nitrogens with zero attached hydrogens (tertiary/aromatic N) is 5. The molecule has 0 radical (unpaired) electrons. The monoisotopic (exact) mass is 647 g/mol. The molecular formula is C45H37N5. The molecule has 0 saturated carbocycles. The Morgan fingerprint density at radius 1 is 0.560 bits per heavy atom. The van der Waals surface area contributed by atoms with Crippen molar-refractivity contribution in [1.82, 2.24) is 23.9 Å². The third-order valence-corrected chi connectivity index (χ3v) is 11.7. The van der Waals surface area contributed by atoms with Crippen molar-refractivity contribution in [3.8, 4) is 28.3 Å². The molecule has 0 fully saturated rings. The van der Waals surface area contributed by atoms with Crippen molar-refractivity contribution < 1.29 is 0 Å². The zero-order valence-corrected chi connectivity index (χ0v) is 28.9. The Morgan fingerprint density at radius 2 is 1.22 bits per heavy atom. The van der Waals surface area contributed by atoms with E-state index in [1.54, 1.807) is 0 Å². The minimum atomic E-state index is -0.185. The van der Waals surface area contributed by atoms with Gasteiger partial charge in [0.2, 0.25) is 0 Å². The molecule has 9 aromatic rings. The largest absolute Gasteiger partial charge is 0.309 e. The molecule has 0 atom stereocenters. The molecule has 50 heavy (non-hydrogen) atoms. The van der Waals surface area contributed by atoms with Crippen LogP contribution in [0.4, 0.5) is 0 Å². The van der Waals surface area contributed by atoms with Crippen molar-refractivity contribution in [3.63, 3.8) is 0 Å². The minimum absolute atomic E-state index is 0.167. The molecule has 0 aliphatic carbocycles. The molecule has 4 aromatic heterocycles. The van der Waals surface area contributed by atoms with E-state index in [0.29, 0.717) is 0 Å². The first kappa shape index (κ1) is 29.0. The Labute approximate surface area is 291 Å². The summed E-state index contributed by atoms with van der Waals surface area (Å²) in [6.07, 6.45) is 3.96. The summed E-state index contributed by atoms with van der Waals surface area (Å²) in [7, 11) is 0. The molecule has 5 aromatic carbocycles. The third-order valence-electron chi connectivity index (χ3n) is 11.7. The molecule has 242 valence electrons. The first-order valence-electron chi connectivity index (χ1n) is 17.4. The van der Waals surface area contributed by atoms with Crippen molar-refractivity contribution in [1.29, 1.82) is 0 Å². The number of hydrogen-bond acceptors (Lipinski definition) is 2. The van der Waals surface area contributed by atoms with E-state index in [1.165, 1.54) is 60.5 Å². The molecule has 5 heterocycles. The second-order valence-electron chi connectivity index (χ2n) is 14.9. The second kappa shape index (κ2) is 10.1. The van der Waals surface area contributed by atoms with Gasteiger partial charge in [0, 0.05) is 49.8 Å². The molecule has 10 rings (SSSR count). The predicted molar refractivity (Wildman–Crippen MR) is 206 cm³/mol. The summed E-state index contributed by atoms with van der Waals surface area (Å²) in [6, 6.07) is 44.1. The summed E-state index contributed by atoms with van der Waals surface area (Å²) >= 11 is 0. The van der Waals surface area contributed by atoms with Crippen molar-refractivity contribution in [2.75, 3.05) is 0 Å². The van der Waals surface area contributed by atoms with E-state index in [0.717, 1.165) is 28.2 Å². The summed E-state index contributed by atoms with van der Waals surface area (Å²) in [5, 5.41) is 10.0. The first-order chi connectivity index (χ1) is 24.2. The molecule has 0 unspecified atom stereocenters. The average molecular weight is 648 g/mol. The van der Waals surface area contributed by atoms with Crippen molar-refractivity contribution in [2.24, 2.45) is 0 Å². The highest BCUT2D eigenvalue weighted by Gasteiger charge is 2.48. The van der Waals surface area contributed by atoms with E-state index in [1.807, 2.05) is 6.20 Å². The highest BCUT2D eigenvalue weighted by atomic mass is 15.3. The van der Waals surface area contributed by atoms with Gasteiger partial charge in [-0.25, -0.2) is 9.67 Å². The molecule has 0 amide bonds. The summed E-state index contributed by atoms with van der Waals surface area (Å²) in [5.74, 6) is 0.926. The second-order valence-corrected chi connectivity index (χ2v) is 14.9. The van der Waals surface area contributed by atoms with Gasteiger partial charge >= 0.3 is 0 Å². The lowest BCUT2D eigenvalue weighted by Gasteiger charge is -2.47. The van der Waals surface area contributed by atoms with E-state index in [-0.39, 0.29) is 10.8 Å². The van der Waals surface area contributed by atoms with Crippen LogP contribution in [-0.2, 0) is 10.8 Å². The molecule has 0 N–H and O–H groups in total. The number of rotatable bonds is 3. The normalized spacial score (nSPS) is 14.8. The van der Waals surface area contributed by atoms with E-state index >= 15 is 0 Å². The molecule has 0 saturated heterocycles. The van der Waals surface area contributed by atoms with Crippen LogP contribution < -0.4 is 0 Å². The lowest BCUT2D eigenvalue weighted by molar-refractivity contribution is 0.276. The van der Waals surface area contributed by atoms with Crippen LogP contribution in [0.1, 0.15) is 44.5 Å². The molecule has 0 spiro atoms. The Kier molecular flexibility index (Phi) is 5.83. The van der Waals surface area contributed by atoms with Crippen LogP contribution >= 0.6 is 0 Å². The molecule has 5 nitrogen and oxygen atoms in total. The van der Waals surface area contributed by atoms with Gasteiger partial charge < -0.3 is 4.57 Å². The van der Waals surface area contributed by atoms with Crippen molar-refractivity contribution in [3.05, 3.63) is 151 Å². The van der Waals surface area contributed by atoms with Gasteiger partial charge in [-0.15, -0.1) is 0 Å². The average Bonchev–Trinajstić information content (AvgIpc) is 3.81. The van der Waals surface area contributed by atoms with Crippen molar-refractivity contribution in [2.45, 2.75) is 45.4 Å². The number of hydrogen-bond donors (Lipinski definition) is 0. The van der Waals surface area contributed by atoms with E-state index in [9.17, 15) is 0 Å². The van der Waals surface area contributed by atoms with E-state index in [2.05, 4.69) is 176 Å². The summed E-state index contributed by atoms with van der Waals surface area (Å²) in [6.45, 7) is 11.7. The van der Waals surface area contributed by atoms with Gasteiger partial charge in [-0.2, -0.15) is 5.10 Å². The maximum Gasteiger partial charge on any atom is 0.137 e. The Bertz CT molecular complexity index is 2830. The van der Waals surface area contributed by atoms with Gasteiger partial charge in [0.15, 0.2) is 0 Å². The zero-order chi connectivity index (χ0) is 33.9. The van der Waals surface area contributed by atoms with Gasteiger partial charge in [-0.05, 0) is 72.1 Å². The molecule has 1 aliphatic rings. The fourth-order valence-electron chi connectivity index (χ4n) is 8.54. The number of para-hydroxylation sites is 2. The smallest absolute Gasteiger partial charge is 0.137 e. The SMILES string of the molecule is Cc1ccnc(-n2c3ccccc3c3ccc(-n4c5ccccc5c5cc6c(cc54)-n4ncc(-c5ccccc5)c4C(C)(C)C6(C)C)cc32)c1. The third kappa shape index (κ3) is 3.77. The molecule has 1 aliphatic heterocycles. The number of aryl methyl sites for hydroxylation is 1. The van der Waals surface area contributed by atoms with E-state index in [4.69, 9.17) is 10.1 Å².